The molecule has 2 aliphatic rings. The van der Waals surface area contributed by atoms with Crippen molar-refractivity contribution in [3.8, 4) is 0 Å². The third kappa shape index (κ3) is 3.11. The van der Waals surface area contributed by atoms with Crippen molar-refractivity contribution in [1.82, 2.24) is 10.3 Å². The van der Waals surface area contributed by atoms with Crippen LogP contribution in [0.4, 0.5) is 0 Å². The Morgan fingerprint density at radius 2 is 2.00 bits per heavy atom. The third-order valence-corrected chi connectivity index (χ3v) is 5.34. The first-order chi connectivity index (χ1) is 10.5. The predicted octanol–water partition coefficient (Wildman–Crippen LogP) is 2.81. The molecule has 0 saturated heterocycles. The van der Waals surface area contributed by atoms with Crippen LogP contribution in [0.15, 0.2) is 10.9 Å². The standard InChI is InChI=1S/C18H26N2O2/c1-11-7-8-16-13(9-11)10-14(18(22)20-16)17(21)19-15-6-4-3-5-12(15)2/h10-12,15H,3-9H2,1-2H3,(H,19,21)(H,20,22). The lowest BCUT2D eigenvalue weighted by Gasteiger charge is -2.29. The second kappa shape index (κ2) is 6.27. The molecular weight excluding hydrogens is 276 g/mol. The van der Waals surface area contributed by atoms with Gasteiger partial charge in [0.25, 0.3) is 11.5 Å². The summed E-state index contributed by atoms with van der Waals surface area (Å²) in [6.45, 7) is 4.40. The normalized spacial score (nSPS) is 28.0. The summed E-state index contributed by atoms with van der Waals surface area (Å²) in [4.78, 5) is 27.7. The van der Waals surface area contributed by atoms with Crippen molar-refractivity contribution in [3.63, 3.8) is 0 Å². The van der Waals surface area contributed by atoms with Crippen LogP contribution >= 0.6 is 0 Å². The molecule has 2 aliphatic carbocycles. The number of aromatic nitrogens is 1. The number of rotatable bonds is 2. The second-order valence-electron chi connectivity index (χ2n) is 7.21. The summed E-state index contributed by atoms with van der Waals surface area (Å²) in [6.07, 6.45) is 7.54. The minimum Gasteiger partial charge on any atom is -0.349 e. The molecule has 1 saturated carbocycles. The average Bonchev–Trinajstić information content (AvgIpc) is 2.49. The molecule has 1 heterocycles. The fourth-order valence-corrected chi connectivity index (χ4v) is 3.83. The van der Waals surface area contributed by atoms with Crippen LogP contribution in [-0.4, -0.2) is 16.9 Å². The second-order valence-corrected chi connectivity index (χ2v) is 7.21. The number of hydrogen-bond donors (Lipinski definition) is 2. The molecule has 1 aromatic heterocycles. The van der Waals surface area contributed by atoms with Gasteiger partial charge in [-0.1, -0.05) is 26.7 Å². The van der Waals surface area contributed by atoms with Gasteiger partial charge in [0.2, 0.25) is 0 Å². The van der Waals surface area contributed by atoms with Gasteiger partial charge in [0.15, 0.2) is 0 Å². The van der Waals surface area contributed by atoms with Gasteiger partial charge in [-0.15, -0.1) is 0 Å². The molecule has 3 unspecified atom stereocenters. The van der Waals surface area contributed by atoms with Gasteiger partial charge in [0, 0.05) is 11.7 Å². The number of amides is 1. The highest BCUT2D eigenvalue weighted by molar-refractivity contribution is 5.94. The van der Waals surface area contributed by atoms with Crippen LogP contribution in [0.1, 0.15) is 67.6 Å². The van der Waals surface area contributed by atoms with Gasteiger partial charge >= 0.3 is 0 Å². The van der Waals surface area contributed by atoms with Crippen molar-refractivity contribution in [2.24, 2.45) is 11.8 Å². The maximum absolute atomic E-state index is 12.5. The van der Waals surface area contributed by atoms with Crippen LogP contribution in [-0.2, 0) is 12.8 Å². The molecule has 2 N–H and O–H groups in total. The Labute approximate surface area is 131 Å². The fraction of sp³-hybridized carbons (Fsp3) is 0.667. The van der Waals surface area contributed by atoms with Crippen LogP contribution in [0.2, 0.25) is 0 Å². The highest BCUT2D eigenvalue weighted by Crippen LogP contribution is 2.25. The highest BCUT2D eigenvalue weighted by atomic mass is 16.2. The van der Waals surface area contributed by atoms with Crippen molar-refractivity contribution in [2.45, 2.75) is 64.8 Å². The topological polar surface area (TPSA) is 62.0 Å². The van der Waals surface area contributed by atoms with Gasteiger partial charge in [0.05, 0.1) is 0 Å². The lowest BCUT2D eigenvalue weighted by atomic mass is 9.85. The molecule has 0 bridgehead atoms. The minimum absolute atomic E-state index is 0.204. The lowest BCUT2D eigenvalue weighted by Crippen LogP contribution is -2.43. The number of fused-ring (bicyclic) bond motifs is 1. The molecular formula is C18H26N2O2. The Bertz CT molecular complexity index is 620. The smallest absolute Gasteiger partial charge is 0.261 e. The number of hydrogen-bond acceptors (Lipinski definition) is 2. The van der Waals surface area contributed by atoms with Crippen LogP contribution in [0.3, 0.4) is 0 Å². The van der Waals surface area contributed by atoms with Gasteiger partial charge in [-0.3, -0.25) is 9.59 Å². The Morgan fingerprint density at radius 1 is 1.23 bits per heavy atom. The number of pyridine rings is 1. The average molecular weight is 302 g/mol. The molecule has 3 rings (SSSR count). The monoisotopic (exact) mass is 302 g/mol. The molecule has 0 spiro atoms. The Balaban J connectivity index is 1.80. The van der Waals surface area contributed by atoms with E-state index in [1.807, 2.05) is 6.07 Å². The molecule has 1 fully saturated rings. The first kappa shape index (κ1) is 15.3. The largest absolute Gasteiger partial charge is 0.349 e. The zero-order valence-electron chi connectivity index (χ0n) is 13.6. The molecule has 120 valence electrons. The Morgan fingerprint density at radius 3 is 2.77 bits per heavy atom. The summed E-state index contributed by atoms with van der Waals surface area (Å²) >= 11 is 0. The molecule has 1 aromatic rings. The number of aryl methyl sites for hydroxylation is 1. The van der Waals surface area contributed by atoms with E-state index >= 15 is 0 Å². The van der Waals surface area contributed by atoms with Crippen molar-refractivity contribution in [2.75, 3.05) is 0 Å². The van der Waals surface area contributed by atoms with Crippen LogP contribution in [0.5, 0.6) is 0 Å². The molecule has 1 amide bonds. The molecule has 0 aromatic carbocycles. The number of carbonyl (C=O) groups excluding carboxylic acids is 1. The van der Waals surface area contributed by atoms with Crippen LogP contribution in [0.25, 0.3) is 0 Å². The zero-order chi connectivity index (χ0) is 15.7. The predicted molar refractivity (Wildman–Crippen MR) is 87.1 cm³/mol. The first-order valence-corrected chi connectivity index (χ1v) is 8.60. The van der Waals surface area contributed by atoms with E-state index in [4.69, 9.17) is 0 Å². The van der Waals surface area contributed by atoms with E-state index in [9.17, 15) is 9.59 Å². The minimum atomic E-state index is -0.241. The van der Waals surface area contributed by atoms with E-state index in [1.165, 1.54) is 6.42 Å². The Hall–Kier alpha value is -1.58. The van der Waals surface area contributed by atoms with Gasteiger partial charge in [0.1, 0.15) is 5.56 Å². The van der Waals surface area contributed by atoms with E-state index in [1.54, 1.807) is 0 Å². The molecule has 3 atom stereocenters. The number of carbonyl (C=O) groups is 1. The van der Waals surface area contributed by atoms with Crippen molar-refractivity contribution in [1.29, 1.82) is 0 Å². The van der Waals surface area contributed by atoms with E-state index in [0.717, 1.165) is 49.8 Å². The fourth-order valence-electron chi connectivity index (χ4n) is 3.83. The van der Waals surface area contributed by atoms with E-state index in [2.05, 4.69) is 24.1 Å². The zero-order valence-corrected chi connectivity index (χ0v) is 13.6. The molecule has 4 heteroatoms. The number of H-pyrrole nitrogens is 1. The Kier molecular flexibility index (Phi) is 4.37. The van der Waals surface area contributed by atoms with Crippen molar-refractivity contribution < 1.29 is 4.79 Å². The molecule has 4 nitrogen and oxygen atoms in total. The molecule has 0 radical (unpaired) electrons. The van der Waals surface area contributed by atoms with Crippen LogP contribution in [0, 0.1) is 11.8 Å². The quantitative estimate of drug-likeness (QED) is 0.882. The lowest BCUT2D eigenvalue weighted by molar-refractivity contribution is 0.0908. The summed E-state index contributed by atoms with van der Waals surface area (Å²) in [6, 6.07) is 2.03. The van der Waals surface area contributed by atoms with E-state index < -0.39 is 0 Å². The number of aromatic amines is 1. The van der Waals surface area contributed by atoms with Gasteiger partial charge in [-0.2, -0.15) is 0 Å². The highest BCUT2D eigenvalue weighted by Gasteiger charge is 2.25. The third-order valence-electron chi connectivity index (χ3n) is 5.34. The van der Waals surface area contributed by atoms with Gasteiger partial charge in [-0.05, 0) is 55.6 Å². The van der Waals surface area contributed by atoms with E-state index in [0.29, 0.717) is 11.8 Å². The van der Waals surface area contributed by atoms with Gasteiger partial charge in [-0.25, -0.2) is 0 Å². The maximum Gasteiger partial charge on any atom is 0.261 e. The van der Waals surface area contributed by atoms with Crippen molar-refractivity contribution in [3.05, 3.63) is 33.2 Å². The maximum atomic E-state index is 12.5. The van der Waals surface area contributed by atoms with Crippen molar-refractivity contribution >= 4 is 5.91 Å². The van der Waals surface area contributed by atoms with E-state index in [-0.39, 0.29) is 23.1 Å². The van der Waals surface area contributed by atoms with Gasteiger partial charge < -0.3 is 10.3 Å². The SMILES string of the molecule is CC1CCc2[nH]c(=O)c(C(=O)NC3CCCCC3C)cc2C1. The summed E-state index contributed by atoms with van der Waals surface area (Å²) in [5.74, 6) is 0.906. The summed E-state index contributed by atoms with van der Waals surface area (Å²) in [7, 11) is 0. The van der Waals surface area contributed by atoms with Crippen LogP contribution < -0.4 is 10.9 Å². The first-order valence-electron chi connectivity index (χ1n) is 8.60. The summed E-state index contributed by atoms with van der Waals surface area (Å²) < 4.78 is 0. The summed E-state index contributed by atoms with van der Waals surface area (Å²) in [5.41, 5.74) is 2.20. The summed E-state index contributed by atoms with van der Waals surface area (Å²) in [5, 5.41) is 3.08. The molecule has 0 aliphatic heterocycles. The number of nitrogens with one attached hydrogen (secondary N) is 2. The molecule has 22 heavy (non-hydrogen) atoms.